The molecule has 1 aromatic carbocycles. The molecule has 86 valence electrons. The van der Waals surface area contributed by atoms with Gasteiger partial charge in [-0.3, -0.25) is 9.59 Å². The molecule has 0 saturated carbocycles. The van der Waals surface area contributed by atoms with Gasteiger partial charge < -0.3 is 10.4 Å². The van der Waals surface area contributed by atoms with E-state index >= 15 is 0 Å². The molecule has 0 aliphatic carbocycles. The maximum Gasteiger partial charge on any atom is 0.341 e. The maximum absolute atomic E-state index is 11.5. The highest BCUT2D eigenvalue weighted by Gasteiger charge is 2.24. The van der Waals surface area contributed by atoms with Gasteiger partial charge in [0.15, 0.2) is 0 Å². The number of rotatable bonds is 3. The first-order valence-electron chi connectivity index (χ1n) is 4.24. The lowest BCUT2D eigenvalue weighted by atomic mass is 10.4. The molecule has 0 unspecified atom stereocenters. The molecule has 16 heavy (non-hydrogen) atoms. The van der Waals surface area contributed by atoms with Crippen molar-refractivity contribution in [2.45, 2.75) is 4.90 Å². The number of nitrogens with one attached hydrogen (secondary N) is 1. The smallest absolute Gasteiger partial charge is 0.341 e. The van der Waals surface area contributed by atoms with Crippen molar-refractivity contribution in [3.8, 4) is 0 Å². The van der Waals surface area contributed by atoms with Gasteiger partial charge in [-0.2, -0.15) is 0 Å². The molecule has 0 aliphatic heterocycles. The van der Waals surface area contributed by atoms with Crippen LogP contribution in [0.2, 0.25) is 0 Å². The van der Waals surface area contributed by atoms with Crippen molar-refractivity contribution >= 4 is 21.0 Å². The van der Waals surface area contributed by atoms with E-state index in [1.54, 1.807) is 11.4 Å². The number of sulfone groups is 1. The summed E-state index contributed by atoms with van der Waals surface area (Å²) in [7, 11) is -4.15. The van der Waals surface area contributed by atoms with Gasteiger partial charge in [-0.25, -0.2) is 8.42 Å². The van der Waals surface area contributed by atoms with Crippen LogP contribution in [0.25, 0.3) is 0 Å². The third-order valence-electron chi connectivity index (χ3n) is 1.68. The molecule has 0 atom stereocenters. The predicted octanol–water partition coefficient (Wildman–Crippen LogP) is 0.255. The van der Waals surface area contributed by atoms with Crippen LogP contribution >= 0.6 is 0 Å². The zero-order valence-electron chi connectivity index (χ0n) is 8.08. The Kier molecular flexibility index (Phi) is 3.62. The van der Waals surface area contributed by atoms with Gasteiger partial charge in [-0.05, 0) is 12.1 Å². The Balaban J connectivity index is 2.87. The zero-order valence-corrected chi connectivity index (χ0v) is 8.90. The molecule has 2 N–H and O–H groups in total. The van der Waals surface area contributed by atoms with E-state index in [1.165, 1.54) is 24.3 Å². The molecule has 6 nitrogen and oxygen atoms in total. The summed E-state index contributed by atoms with van der Waals surface area (Å²) in [5, 5.41) is 8.77. The van der Waals surface area contributed by atoms with Gasteiger partial charge in [0.25, 0.3) is 9.84 Å². The van der Waals surface area contributed by atoms with Crippen LogP contribution in [0.4, 0.5) is 4.79 Å². The predicted molar refractivity (Wildman–Crippen MR) is 54.7 cm³/mol. The first kappa shape index (κ1) is 12.2. The number of carbonyl (C=O) groups excluding carboxylic acids is 1. The Morgan fingerprint density at radius 3 is 2.25 bits per heavy atom. The zero-order chi connectivity index (χ0) is 12.2. The monoisotopic (exact) mass is 243 g/mol. The van der Waals surface area contributed by atoms with Crippen molar-refractivity contribution < 1.29 is 23.1 Å². The molecule has 0 saturated heterocycles. The molecule has 0 radical (unpaired) electrons. The van der Waals surface area contributed by atoms with Crippen molar-refractivity contribution in [2.75, 3.05) is 6.54 Å². The van der Waals surface area contributed by atoms with E-state index in [1.807, 2.05) is 0 Å². The van der Waals surface area contributed by atoms with E-state index in [0.717, 1.165) is 0 Å². The Morgan fingerprint density at radius 2 is 1.75 bits per heavy atom. The van der Waals surface area contributed by atoms with Crippen LogP contribution in [0.3, 0.4) is 0 Å². The Morgan fingerprint density at radius 1 is 1.19 bits per heavy atom. The Hall–Kier alpha value is -1.89. The summed E-state index contributed by atoms with van der Waals surface area (Å²) < 4.78 is 23.1. The Labute approximate surface area is 91.8 Å². The van der Waals surface area contributed by atoms with Crippen molar-refractivity contribution in [3.05, 3.63) is 30.3 Å². The second kappa shape index (κ2) is 4.75. The van der Waals surface area contributed by atoms with Crippen LogP contribution in [0.15, 0.2) is 35.2 Å². The second-order valence-electron chi connectivity index (χ2n) is 2.85. The minimum Gasteiger partial charge on any atom is -0.480 e. The maximum atomic E-state index is 11.5. The van der Waals surface area contributed by atoms with E-state index in [4.69, 9.17) is 5.11 Å². The summed E-state index contributed by atoms with van der Waals surface area (Å²) in [5.74, 6) is -1.31. The molecule has 0 aliphatic rings. The molecule has 0 bridgehead atoms. The van der Waals surface area contributed by atoms with Gasteiger partial charge in [0.05, 0.1) is 4.90 Å². The summed E-state index contributed by atoms with van der Waals surface area (Å²) in [5.41, 5.74) is 0. The van der Waals surface area contributed by atoms with Crippen LogP contribution in [0.5, 0.6) is 0 Å². The molecule has 0 fully saturated rings. The van der Waals surface area contributed by atoms with Gasteiger partial charge in [-0.15, -0.1) is 0 Å². The van der Waals surface area contributed by atoms with Crippen molar-refractivity contribution in [3.63, 3.8) is 0 Å². The van der Waals surface area contributed by atoms with Gasteiger partial charge >= 0.3 is 11.2 Å². The lowest BCUT2D eigenvalue weighted by Gasteiger charge is -2.03. The number of carboxylic acid groups (broad SMARTS) is 1. The molecule has 1 rings (SSSR count). The molecule has 1 amide bonds. The van der Waals surface area contributed by atoms with E-state index in [9.17, 15) is 18.0 Å². The fourth-order valence-corrected chi connectivity index (χ4v) is 1.94. The summed E-state index contributed by atoms with van der Waals surface area (Å²) in [4.78, 5) is 21.2. The normalized spacial score (nSPS) is 10.8. The molecular formula is C9H9NO5S. The number of amides is 1. The minimum absolute atomic E-state index is 0.169. The molecule has 1 aromatic rings. The fourth-order valence-electron chi connectivity index (χ4n) is 0.949. The van der Waals surface area contributed by atoms with E-state index in [0.29, 0.717) is 0 Å². The minimum atomic E-state index is -4.15. The first-order valence-corrected chi connectivity index (χ1v) is 5.72. The van der Waals surface area contributed by atoms with Crippen LogP contribution in [0.1, 0.15) is 0 Å². The molecule has 7 heteroatoms. The molecular weight excluding hydrogens is 234 g/mol. The number of carboxylic acids is 1. The summed E-state index contributed by atoms with van der Waals surface area (Å²) in [6.45, 7) is -0.731. The first-order chi connectivity index (χ1) is 7.44. The third kappa shape index (κ3) is 2.80. The van der Waals surface area contributed by atoms with Crippen molar-refractivity contribution in [1.29, 1.82) is 0 Å². The second-order valence-corrected chi connectivity index (χ2v) is 4.70. The van der Waals surface area contributed by atoms with Gasteiger partial charge in [0, 0.05) is 0 Å². The average molecular weight is 243 g/mol. The molecule has 0 aromatic heterocycles. The van der Waals surface area contributed by atoms with E-state index in [2.05, 4.69) is 0 Å². The number of hydrogen-bond acceptors (Lipinski definition) is 4. The summed E-state index contributed by atoms with van der Waals surface area (Å²) >= 11 is 0. The van der Waals surface area contributed by atoms with E-state index < -0.39 is 27.6 Å². The van der Waals surface area contributed by atoms with Gasteiger partial charge in [0.1, 0.15) is 6.54 Å². The highest BCUT2D eigenvalue weighted by atomic mass is 32.2. The summed E-state index contributed by atoms with van der Waals surface area (Å²) in [6, 6.07) is 7.06. The van der Waals surface area contributed by atoms with Gasteiger partial charge in [0.2, 0.25) is 0 Å². The highest BCUT2D eigenvalue weighted by Crippen LogP contribution is 2.10. The largest absolute Gasteiger partial charge is 0.480 e. The van der Waals surface area contributed by atoms with Crippen LogP contribution in [0, 0.1) is 0 Å². The topological polar surface area (TPSA) is 101 Å². The van der Waals surface area contributed by atoms with Crippen molar-refractivity contribution in [2.24, 2.45) is 0 Å². The number of benzene rings is 1. The average Bonchev–Trinajstić information content (AvgIpc) is 2.27. The standard InChI is InChI=1S/C9H9NO5S/c11-8(12)6-10-9(13)16(14,15)7-4-2-1-3-5-7/h1-5H,6H2,(H,10,13)(H,11,12). The SMILES string of the molecule is O=C(O)CNC(=O)S(=O)(=O)c1ccccc1. The summed E-state index contributed by atoms with van der Waals surface area (Å²) in [6.07, 6.45) is 0. The molecule has 0 spiro atoms. The number of aliphatic carboxylic acids is 1. The Bertz CT molecular complexity index is 494. The van der Waals surface area contributed by atoms with Gasteiger partial charge in [-0.1, -0.05) is 18.2 Å². The van der Waals surface area contributed by atoms with Crippen LogP contribution in [-0.2, 0) is 14.6 Å². The third-order valence-corrected chi connectivity index (χ3v) is 3.21. The lowest BCUT2D eigenvalue weighted by Crippen LogP contribution is -2.33. The highest BCUT2D eigenvalue weighted by molar-refractivity contribution is 8.06. The fraction of sp³-hybridized carbons (Fsp3) is 0.111. The van der Waals surface area contributed by atoms with Crippen molar-refractivity contribution in [1.82, 2.24) is 5.32 Å². The molecule has 0 heterocycles. The van der Waals surface area contributed by atoms with E-state index in [-0.39, 0.29) is 4.90 Å². The number of carbonyl (C=O) groups is 2. The lowest BCUT2D eigenvalue weighted by molar-refractivity contribution is -0.135. The van der Waals surface area contributed by atoms with Crippen LogP contribution in [-0.4, -0.2) is 31.3 Å². The van der Waals surface area contributed by atoms with Crippen LogP contribution < -0.4 is 5.32 Å². The number of hydrogen-bond donors (Lipinski definition) is 2. The quantitative estimate of drug-likeness (QED) is 0.792.